The van der Waals surface area contributed by atoms with Gasteiger partial charge in [-0.05, 0) is 17.7 Å². The van der Waals surface area contributed by atoms with Crippen molar-refractivity contribution >= 4 is 28.8 Å². The quantitative estimate of drug-likeness (QED) is 0.896. The van der Waals surface area contributed by atoms with Gasteiger partial charge in [-0.3, -0.25) is 9.59 Å². The van der Waals surface area contributed by atoms with Gasteiger partial charge in [-0.2, -0.15) is 13.2 Å². The monoisotopic (exact) mass is 343 g/mol. The molecule has 1 aromatic carbocycles. The Morgan fingerprint density at radius 2 is 2.04 bits per heavy atom. The highest BCUT2D eigenvalue weighted by Gasteiger charge is 2.35. The van der Waals surface area contributed by atoms with Gasteiger partial charge in [0.25, 0.3) is 5.91 Å². The number of aromatic nitrogens is 1. The number of anilines is 1. The second kappa shape index (κ2) is 6.78. The van der Waals surface area contributed by atoms with Crippen LogP contribution in [0.1, 0.15) is 28.0 Å². The van der Waals surface area contributed by atoms with Crippen LogP contribution in [-0.2, 0) is 17.5 Å². The van der Waals surface area contributed by atoms with Gasteiger partial charge in [0.05, 0.1) is 0 Å². The molecule has 0 atom stereocenters. The summed E-state index contributed by atoms with van der Waals surface area (Å²) < 4.78 is 37.3. The molecular formula is C14H12F3N3O2S. The average molecular weight is 343 g/mol. The highest BCUT2D eigenvalue weighted by Crippen LogP contribution is 2.31. The highest BCUT2D eigenvalue weighted by atomic mass is 32.1. The van der Waals surface area contributed by atoms with Crippen molar-refractivity contribution in [2.45, 2.75) is 19.6 Å². The Labute approximate surface area is 133 Å². The second-order valence-corrected chi connectivity index (χ2v) is 5.46. The van der Waals surface area contributed by atoms with Crippen LogP contribution in [0, 0.1) is 0 Å². The van der Waals surface area contributed by atoms with Crippen LogP contribution in [0.5, 0.6) is 0 Å². The summed E-state index contributed by atoms with van der Waals surface area (Å²) in [5, 5.41) is 5.08. The summed E-state index contributed by atoms with van der Waals surface area (Å²) in [6.45, 7) is 1.47. The van der Waals surface area contributed by atoms with E-state index in [9.17, 15) is 22.8 Å². The lowest BCUT2D eigenvalue weighted by molar-refractivity contribution is -0.137. The molecule has 122 valence electrons. The van der Waals surface area contributed by atoms with Crippen LogP contribution in [0.3, 0.4) is 0 Å². The minimum atomic E-state index is -4.56. The predicted molar refractivity (Wildman–Crippen MR) is 79.0 cm³/mol. The molecule has 0 unspecified atom stereocenters. The summed E-state index contributed by atoms with van der Waals surface area (Å²) in [5.74, 6) is -0.921. The molecule has 0 aliphatic carbocycles. The molecule has 0 aliphatic rings. The summed E-state index contributed by atoms with van der Waals surface area (Å²) >= 11 is 0.371. The van der Waals surface area contributed by atoms with Crippen molar-refractivity contribution in [1.82, 2.24) is 10.3 Å². The smallest absolute Gasteiger partial charge is 0.347 e. The van der Waals surface area contributed by atoms with E-state index < -0.39 is 17.1 Å². The first-order chi connectivity index (χ1) is 10.8. The number of nitrogens with zero attached hydrogens (tertiary/aromatic N) is 1. The standard InChI is InChI=1S/C14H12F3N3O2S/c1-8(21)19-10-4-2-3-9(5-10)6-18-12(22)11-7-23-13(20-11)14(15,16)17/h2-5,7H,6H2,1H3,(H,18,22)(H,19,21). The maximum atomic E-state index is 12.4. The van der Waals surface area contributed by atoms with E-state index in [1.165, 1.54) is 6.92 Å². The number of nitrogens with one attached hydrogen (secondary N) is 2. The Morgan fingerprint density at radius 1 is 1.30 bits per heavy atom. The van der Waals surface area contributed by atoms with Gasteiger partial charge in [0.1, 0.15) is 5.69 Å². The first-order valence-electron chi connectivity index (χ1n) is 6.43. The van der Waals surface area contributed by atoms with Crippen molar-refractivity contribution in [2.75, 3.05) is 5.32 Å². The normalized spacial score (nSPS) is 11.1. The van der Waals surface area contributed by atoms with Gasteiger partial charge in [-0.15, -0.1) is 11.3 Å². The topological polar surface area (TPSA) is 71.1 Å². The van der Waals surface area contributed by atoms with Crippen molar-refractivity contribution in [3.8, 4) is 0 Å². The minimum Gasteiger partial charge on any atom is -0.347 e. The Hall–Kier alpha value is -2.42. The van der Waals surface area contributed by atoms with Gasteiger partial charge in [0.2, 0.25) is 5.91 Å². The molecule has 0 spiro atoms. The number of amides is 2. The van der Waals surface area contributed by atoms with Crippen LogP contribution in [0.25, 0.3) is 0 Å². The average Bonchev–Trinajstić information content (AvgIpc) is 2.94. The molecule has 1 aromatic heterocycles. The van der Waals surface area contributed by atoms with E-state index in [0.717, 1.165) is 5.38 Å². The Bertz CT molecular complexity index is 728. The molecule has 5 nitrogen and oxygen atoms in total. The van der Waals surface area contributed by atoms with Crippen LogP contribution in [0.2, 0.25) is 0 Å². The third-order valence-corrected chi connectivity index (χ3v) is 3.57. The summed E-state index contributed by atoms with van der Waals surface area (Å²) in [4.78, 5) is 26.1. The predicted octanol–water partition coefficient (Wildman–Crippen LogP) is 3.05. The van der Waals surface area contributed by atoms with Crippen molar-refractivity contribution in [2.24, 2.45) is 0 Å². The van der Waals surface area contributed by atoms with Crippen molar-refractivity contribution < 1.29 is 22.8 Å². The maximum Gasteiger partial charge on any atom is 0.443 e. The van der Waals surface area contributed by atoms with Gasteiger partial charge in [0, 0.05) is 24.5 Å². The van der Waals surface area contributed by atoms with E-state index >= 15 is 0 Å². The first-order valence-corrected chi connectivity index (χ1v) is 7.31. The minimum absolute atomic E-state index is 0.102. The van der Waals surface area contributed by atoms with Crippen molar-refractivity contribution in [3.05, 3.63) is 45.9 Å². The molecule has 0 fully saturated rings. The number of carbonyl (C=O) groups excluding carboxylic acids is 2. The Morgan fingerprint density at radius 3 is 2.65 bits per heavy atom. The first kappa shape index (κ1) is 16.9. The SMILES string of the molecule is CC(=O)Nc1cccc(CNC(=O)c2csc(C(F)(F)F)n2)c1. The van der Waals surface area contributed by atoms with Crippen LogP contribution >= 0.6 is 11.3 Å². The third-order valence-electron chi connectivity index (χ3n) is 2.68. The lowest BCUT2D eigenvalue weighted by Gasteiger charge is -2.07. The zero-order valence-corrected chi connectivity index (χ0v) is 12.7. The molecule has 0 radical (unpaired) electrons. The summed E-state index contributed by atoms with van der Waals surface area (Å²) in [6.07, 6.45) is -4.56. The largest absolute Gasteiger partial charge is 0.443 e. The van der Waals surface area contributed by atoms with E-state index in [0.29, 0.717) is 22.6 Å². The summed E-state index contributed by atoms with van der Waals surface area (Å²) in [7, 11) is 0. The number of hydrogen-bond acceptors (Lipinski definition) is 4. The van der Waals surface area contributed by atoms with E-state index in [2.05, 4.69) is 15.6 Å². The van der Waals surface area contributed by atoms with Crippen LogP contribution in [-0.4, -0.2) is 16.8 Å². The molecule has 1 heterocycles. The zero-order chi connectivity index (χ0) is 17.0. The molecule has 9 heteroatoms. The van der Waals surface area contributed by atoms with Gasteiger partial charge in [-0.1, -0.05) is 12.1 Å². The van der Waals surface area contributed by atoms with E-state index in [1.54, 1.807) is 24.3 Å². The lowest BCUT2D eigenvalue weighted by Crippen LogP contribution is -2.23. The molecule has 2 rings (SSSR count). The molecule has 0 saturated carbocycles. The van der Waals surface area contributed by atoms with E-state index in [-0.39, 0.29) is 18.1 Å². The number of carbonyl (C=O) groups is 2. The van der Waals surface area contributed by atoms with Gasteiger partial charge in [0.15, 0.2) is 5.01 Å². The van der Waals surface area contributed by atoms with Crippen LogP contribution in [0.4, 0.5) is 18.9 Å². The van der Waals surface area contributed by atoms with Gasteiger partial charge in [-0.25, -0.2) is 4.98 Å². The highest BCUT2D eigenvalue weighted by molar-refractivity contribution is 7.09. The second-order valence-electron chi connectivity index (χ2n) is 4.60. The molecule has 2 aromatic rings. The number of rotatable bonds is 4. The van der Waals surface area contributed by atoms with Crippen molar-refractivity contribution in [1.29, 1.82) is 0 Å². The fourth-order valence-corrected chi connectivity index (χ4v) is 2.41. The molecule has 2 N–H and O–H groups in total. The van der Waals surface area contributed by atoms with E-state index in [4.69, 9.17) is 0 Å². The van der Waals surface area contributed by atoms with Crippen molar-refractivity contribution in [3.63, 3.8) is 0 Å². The lowest BCUT2D eigenvalue weighted by atomic mass is 10.2. The number of thiazole rings is 1. The molecule has 23 heavy (non-hydrogen) atoms. The molecule has 0 saturated heterocycles. The van der Waals surface area contributed by atoms with Crippen LogP contribution in [0.15, 0.2) is 29.6 Å². The number of hydrogen-bond donors (Lipinski definition) is 2. The number of alkyl halides is 3. The third kappa shape index (κ3) is 4.78. The van der Waals surface area contributed by atoms with E-state index in [1.807, 2.05) is 0 Å². The zero-order valence-electron chi connectivity index (χ0n) is 11.9. The molecular weight excluding hydrogens is 331 g/mol. The molecule has 0 aliphatic heterocycles. The van der Waals surface area contributed by atoms with Gasteiger partial charge >= 0.3 is 6.18 Å². The number of halogens is 3. The van der Waals surface area contributed by atoms with Gasteiger partial charge < -0.3 is 10.6 Å². The fourth-order valence-electron chi connectivity index (χ4n) is 1.74. The summed E-state index contributed by atoms with van der Waals surface area (Å²) in [5.41, 5.74) is 0.980. The Balaban J connectivity index is 1.99. The Kier molecular flexibility index (Phi) is 4.99. The maximum absolute atomic E-state index is 12.4. The summed E-state index contributed by atoms with van der Waals surface area (Å²) in [6, 6.07) is 6.75. The fraction of sp³-hybridized carbons (Fsp3) is 0.214. The molecule has 2 amide bonds. The molecule has 0 bridgehead atoms. The van der Waals surface area contributed by atoms with Crippen LogP contribution < -0.4 is 10.6 Å². The number of benzene rings is 1.